The zero-order valence-corrected chi connectivity index (χ0v) is 53.1. The normalized spacial score (nSPS) is 11.3. The number of nitrogens with zero attached hydrogens (tertiary/aromatic N) is 6. The molecule has 5 heterocycles. The van der Waals surface area contributed by atoms with Crippen LogP contribution < -0.4 is 0 Å². The summed E-state index contributed by atoms with van der Waals surface area (Å²) in [6.07, 6.45) is 16.4. The van der Waals surface area contributed by atoms with Gasteiger partial charge in [0.2, 0.25) is 0 Å². The molecule has 0 aliphatic rings. The van der Waals surface area contributed by atoms with Crippen LogP contribution in [0.4, 0.5) is 0 Å². The second-order valence-corrected chi connectivity index (χ2v) is 24.9. The highest BCUT2D eigenvalue weighted by molar-refractivity contribution is 6.38. The van der Waals surface area contributed by atoms with Crippen LogP contribution >= 0.6 is 0 Å². The number of pyridine rings is 4. The summed E-state index contributed by atoms with van der Waals surface area (Å²) < 4.78 is 0. The maximum absolute atomic E-state index is 5.03. The number of hydrogen-bond donors (Lipinski definition) is 0. The Bertz CT molecular complexity index is 5040. The summed E-state index contributed by atoms with van der Waals surface area (Å²) in [5.41, 5.74) is 24.5. The van der Waals surface area contributed by atoms with Gasteiger partial charge in [-0.15, -0.1) is 0 Å². The number of aromatic nitrogens is 6. The Kier molecular flexibility index (Phi) is 16.4. The van der Waals surface area contributed by atoms with Crippen molar-refractivity contribution >= 4 is 54.1 Å². The third kappa shape index (κ3) is 12.9. The molecule has 0 fully saturated rings. The summed E-state index contributed by atoms with van der Waals surface area (Å²) in [5, 5.41) is 8.94. The van der Waals surface area contributed by atoms with Gasteiger partial charge in [-0.1, -0.05) is 187 Å². The molecule has 6 heteroatoms. The van der Waals surface area contributed by atoms with Crippen molar-refractivity contribution in [3.05, 3.63) is 359 Å². The first-order valence-corrected chi connectivity index (χ1v) is 33.1. The van der Waals surface area contributed by atoms with Crippen molar-refractivity contribution in [2.45, 2.75) is 51.4 Å². The summed E-state index contributed by atoms with van der Waals surface area (Å²) in [6, 6.07) is 93.3. The topological polar surface area (TPSA) is 77.3 Å². The lowest BCUT2D eigenvalue weighted by molar-refractivity contribution is 0.929. The smallest absolute Gasteiger partial charge is 0.116 e. The molecule has 0 bridgehead atoms. The van der Waals surface area contributed by atoms with E-state index in [9.17, 15) is 0 Å². The van der Waals surface area contributed by atoms with Crippen molar-refractivity contribution in [1.82, 2.24) is 29.9 Å². The van der Waals surface area contributed by atoms with Gasteiger partial charge in [0.25, 0.3) is 0 Å². The fourth-order valence-corrected chi connectivity index (χ4v) is 13.6. The average molecular weight is 1230 g/mol. The van der Waals surface area contributed by atoms with Crippen LogP contribution in [0.5, 0.6) is 0 Å². The predicted molar refractivity (Wildman–Crippen MR) is 394 cm³/mol. The first-order chi connectivity index (χ1) is 47.5. The fourth-order valence-electron chi connectivity index (χ4n) is 13.6. The van der Waals surface area contributed by atoms with E-state index in [1.54, 1.807) is 6.33 Å². The second kappa shape index (κ2) is 26.8. The minimum absolute atomic E-state index is 0.897. The molecule has 16 aromatic rings. The van der Waals surface area contributed by atoms with Gasteiger partial charge in [0.15, 0.2) is 0 Å². The SMILES string of the molecule is C(#Cc1ccc2c(c1)c1cccc3c4cc(C#Cc5cc(CCc6ccc(-c7ccccn7)cc6)cc(CCc6ccc(-c7ccccn7)cc6)c5)ccc4c4ncnc2c4c13)c1cc(CCc2ccc(-c3ccccn3)cc2)cc(CCc2ccc(-c3ccccn3)cc2)c1. The third-order valence-electron chi connectivity index (χ3n) is 18.6. The standard InChI is InChI=1S/C90H64N6/c1-5-48-91-83(12-1)73-38-28-61(29-39-73)16-22-67-52-68(23-17-62-30-40-74(41-31-62)84-13-2-6-49-92-84)55-71(54-67)26-20-65-36-46-79-81(58-65)77-10-9-11-78-82-59-66(37-47-80(82)90-88(87(77)78)89(79)95-60-96-90)21-27-72-56-69(24-18-63-32-42-75(43-33-63)85-14-3-7-50-93-85)53-70(57-72)25-19-64-34-44-76(45-35-64)86-15-4-8-51-94-86/h1-15,28-60H,16-19,22-25H2. The number of rotatable bonds is 16. The van der Waals surface area contributed by atoms with Gasteiger partial charge < -0.3 is 0 Å². The van der Waals surface area contributed by atoms with Crippen molar-refractivity contribution in [2.75, 3.05) is 0 Å². The molecule has 0 aliphatic heterocycles. The molecule has 0 unspecified atom stereocenters. The monoisotopic (exact) mass is 1230 g/mol. The Morgan fingerprint density at radius 2 is 0.521 bits per heavy atom. The maximum Gasteiger partial charge on any atom is 0.116 e. The predicted octanol–water partition coefficient (Wildman–Crippen LogP) is 19.9. The Labute approximate surface area is 559 Å². The molecule has 5 aromatic heterocycles. The van der Waals surface area contributed by atoms with E-state index in [4.69, 9.17) is 9.97 Å². The van der Waals surface area contributed by atoms with Crippen molar-refractivity contribution in [1.29, 1.82) is 0 Å². The number of fused-ring (bicyclic) bond motifs is 6. The van der Waals surface area contributed by atoms with Crippen LogP contribution in [-0.2, 0) is 51.4 Å². The Morgan fingerprint density at radius 3 is 0.833 bits per heavy atom. The molecule has 0 N–H and O–H groups in total. The molecule has 0 aliphatic carbocycles. The molecule has 6 nitrogen and oxygen atoms in total. The van der Waals surface area contributed by atoms with Crippen LogP contribution in [0.15, 0.2) is 292 Å². The lowest BCUT2D eigenvalue weighted by Gasteiger charge is -2.16. The van der Waals surface area contributed by atoms with E-state index in [0.717, 1.165) is 173 Å². The Hall–Kier alpha value is -12.2. The van der Waals surface area contributed by atoms with Crippen LogP contribution in [0, 0.1) is 23.7 Å². The van der Waals surface area contributed by atoms with Crippen LogP contribution in [0.3, 0.4) is 0 Å². The molecule has 0 amide bonds. The van der Waals surface area contributed by atoms with Crippen molar-refractivity contribution < 1.29 is 0 Å². The minimum Gasteiger partial charge on any atom is -0.256 e. The lowest BCUT2D eigenvalue weighted by Crippen LogP contribution is -1.97. The number of hydrogen-bond acceptors (Lipinski definition) is 6. The van der Waals surface area contributed by atoms with Gasteiger partial charge in [0.05, 0.1) is 33.8 Å². The van der Waals surface area contributed by atoms with Gasteiger partial charge in [-0.3, -0.25) is 19.9 Å². The summed E-state index contributed by atoms with van der Waals surface area (Å²) >= 11 is 0. The first-order valence-electron chi connectivity index (χ1n) is 33.1. The van der Waals surface area contributed by atoms with Gasteiger partial charge in [-0.25, -0.2) is 9.97 Å². The molecule has 96 heavy (non-hydrogen) atoms. The Balaban J connectivity index is 0.703. The van der Waals surface area contributed by atoms with E-state index < -0.39 is 0 Å². The molecular weight excluding hydrogens is 1170 g/mol. The van der Waals surface area contributed by atoms with Gasteiger partial charge in [-0.05, 0) is 214 Å². The summed E-state index contributed by atoms with van der Waals surface area (Å²) in [5.74, 6) is 14.6. The quantitative estimate of drug-likeness (QED) is 0.0545. The first kappa shape index (κ1) is 58.8. The van der Waals surface area contributed by atoms with E-state index >= 15 is 0 Å². The number of benzene rings is 11. The summed E-state index contributed by atoms with van der Waals surface area (Å²) in [4.78, 5) is 28.3. The van der Waals surface area contributed by atoms with E-state index in [-0.39, 0.29) is 0 Å². The molecule has 0 saturated carbocycles. The molecular formula is C90H64N6. The molecule has 16 rings (SSSR count). The van der Waals surface area contributed by atoms with Gasteiger partial charge in [0, 0.05) is 90.8 Å². The maximum atomic E-state index is 5.03. The summed E-state index contributed by atoms with van der Waals surface area (Å²) in [6.45, 7) is 0. The molecule has 0 spiro atoms. The largest absolute Gasteiger partial charge is 0.256 e. The van der Waals surface area contributed by atoms with Crippen molar-refractivity contribution in [2.24, 2.45) is 0 Å². The van der Waals surface area contributed by atoms with Crippen LogP contribution in [0.1, 0.15) is 66.8 Å². The highest BCUT2D eigenvalue weighted by Gasteiger charge is 2.19. The van der Waals surface area contributed by atoms with Crippen LogP contribution in [0.25, 0.3) is 99.2 Å². The average Bonchev–Trinajstić information content (AvgIpc) is 0.705. The highest BCUT2D eigenvalue weighted by atomic mass is 14.8. The molecule has 454 valence electrons. The zero-order chi connectivity index (χ0) is 64.0. The van der Waals surface area contributed by atoms with Crippen molar-refractivity contribution in [3.63, 3.8) is 0 Å². The lowest BCUT2D eigenvalue weighted by atomic mass is 9.88. The highest BCUT2D eigenvalue weighted by Crippen LogP contribution is 2.44. The minimum atomic E-state index is 0.897. The van der Waals surface area contributed by atoms with Crippen LogP contribution in [0.2, 0.25) is 0 Å². The molecule has 0 atom stereocenters. The fraction of sp³-hybridized carbons (Fsp3) is 0.0889. The molecule has 0 radical (unpaired) electrons. The van der Waals surface area contributed by atoms with E-state index in [0.29, 0.717) is 0 Å². The van der Waals surface area contributed by atoms with Gasteiger partial charge in [0.1, 0.15) is 6.33 Å². The second-order valence-electron chi connectivity index (χ2n) is 24.9. The molecule has 0 saturated heterocycles. The van der Waals surface area contributed by atoms with E-state index in [1.165, 1.54) is 44.5 Å². The third-order valence-corrected chi connectivity index (χ3v) is 18.6. The molecule has 11 aromatic carbocycles. The van der Waals surface area contributed by atoms with E-state index in [2.05, 4.69) is 256 Å². The van der Waals surface area contributed by atoms with Crippen molar-refractivity contribution in [3.8, 4) is 68.7 Å². The number of aryl methyl sites for hydroxylation is 8. The van der Waals surface area contributed by atoms with Crippen LogP contribution in [-0.4, -0.2) is 29.9 Å². The zero-order valence-electron chi connectivity index (χ0n) is 53.1. The summed E-state index contributed by atoms with van der Waals surface area (Å²) in [7, 11) is 0. The van der Waals surface area contributed by atoms with E-state index in [1.807, 2.05) is 73.3 Å². The van der Waals surface area contributed by atoms with Gasteiger partial charge >= 0.3 is 0 Å². The Morgan fingerprint density at radius 1 is 0.208 bits per heavy atom. The van der Waals surface area contributed by atoms with Gasteiger partial charge in [-0.2, -0.15) is 0 Å².